The van der Waals surface area contributed by atoms with Crippen molar-refractivity contribution in [3.63, 3.8) is 0 Å². The monoisotopic (exact) mass is 398 g/mol. The van der Waals surface area contributed by atoms with E-state index in [1.54, 1.807) is 6.20 Å². The molecule has 0 unspecified atom stereocenters. The van der Waals surface area contributed by atoms with Crippen LogP contribution < -0.4 is 5.32 Å². The molecule has 0 aliphatic rings. The van der Waals surface area contributed by atoms with E-state index in [0.29, 0.717) is 0 Å². The minimum absolute atomic E-state index is 0.230. The number of alkyl carbamates (subject to hydrolysis) is 1. The molecule has 1 amide bonds. The molecule has 6 heteroatoms. The molecule has 0 atom stereocenters. The van der Waals surface area contributed by atoms with E-state index in [-0.39, 0.29) is 6.54 Å². The summed E-state index contributed by atoms with van der Waals surface area (Å²) in [6.07, 6.45) is 1.16. The standard InChI is InChI=1S/C24H22N4O2/c1-30-23(29)25-17-22-18-26-27-28(22)24(19-11-5-2-6-12-19,20-13-7-3-8-14-20)21-15-9-4-10-16-21/h2-16,18H,17H2,1H3,(H,25,29). The summed E-state index contributed by atoms with van der Waals surface area (Å²) < 4.78 is 6.61. The van der Waals surface area contributed by atoms with Crippen LogP contribution in [0.25, 0.3) is 0 Å². The number of nitrogens with one attached hydrogen (secondary N) is 1. The zero-order chi connectivity index (χ0) is 20.8. The maximum absolute atomic E-state index is 11.7. The molecule has 1 heterocycles. The smallest absolute Gasteiger partial charge is 0.407 e. The highest BCUT2D eigenvalue weighted by Gasteiger charge is 2.40. The highest BCUT2D eigenvalue weighted by Crippen LogP contribution is 2.40. The van der Waals surface area contributed by atoms with Gasteiger partial charge in [-0.2, -0.15) is 0 Å². The van der Waals surface area contributed by atoms with Crippen molar-refractivity contribution in [3.8, 4) is 0 Å². The molecule has 0 saturated heterocycles. The Morgan fingerprint density at radius 1 is 0.867 bits per heavy atom. The summed E-state index contributed by atoms with van der Waals surface area (Å²) in [5.41, 5.74) is 3.08. The number of ether oxygens (including phenoxy) is 1. The molecule has 0 bridgehead atoms. The number of carbonyl (C=O) groups excluding carboxylic acids is 1. The molecule has 0 spiro atoms. The SMILES string of the molecule is COC(=O)NCc1cnnn1C(c1ccccc1)(c1ccccc1)c1ccccc1. The van der Waals surface area contributed by atoms with Gasteiger partial charge in [-0.05, 0) is 16.7 Å². The van der Waals surface area contributed by atoms with Crippen molar-refractivity contribution in [3.05, 3.63) is 120 Å². The highest BCUT2D eigenvalue weighted by atomic mass is 16.5. The van der Waals surface area contributed by atoms with Crippen molar-refractivity contribution < 1.29 is 9.53 Å². The summed E-state index contributed by atoms with van der Waals surface area (Å²) in [6.45, 7) is 0.230. The van der Waals surface area contributed by atoms with E-state index in [4.69, 9.17) is 4.74 Å². The number of nitrogens with zero attached hydrogens (tertiary/aromatic N) is 3. The summed E-state index contributed by atoms with van der Waals surface area (Å²) in [7, 11) is 1.34. The van der Waals surface area contributed by atoms with Crippen molar-refractivity contribution in [1.29, 1.82) is 0 Å². The zero-order valence-corrected chi connectivity index (χ0v) is 16.6. The Morgan fingerprint density at radius 3 is 1.77 bits per heavy atom. The molecule has 150 valence electrons. The van der Waals surface area contributed by atoms with Crippen LogP contribution in [0, 0.1) is 0 Å². The summed E-state index contributed by atoms with van der Waals surface area (Å²) in [6, 6.07) is 30.5. The first kappa shape index (κ1) is 19.4. The van der Waals surface area contributed by atoms with Gasteiger partial charge in [0.15, 0.2) is 0 Å². The average molecular weight is 398 g/mol. The number of carbonyl (C=O) groups is 1. The van der Waals surface area contributed by atoms with E-state index in [1.165, 1.54) is 7.11 Å². The molecular weight excluding hydrogens is 376 g/mol. The van der Waals surface area contributed by atoms with Gasteiger partial charge in [0.2, 0.25) is 0 Å². The van der Waals surface area contributed by atoms with Crippen LogP contribution in [-0.4, -0.2) is 28.2 Å². The second-order valence-corrected chi connectivity index (χ2v) is 6.79. The van der Waals surface area contributed by atoms with E-state index in [0.717, 1.165) is 22.4 Å². The molecule has 0 fully saturated rings. The molecule has 30 heavy (non-hydrogen) atoms. The van der Waals surface area contributed by atoms with Crippen LogP contribution >= 0.6 is 0 Å². The molecule has 3 aromatic carbocycles. The summed E-state index contributed by atoms with van der Waals surface area (Å²) in [5, 5.41) is 11.4. The van der Waals surface area contributed by atoms with Gasteiger partial charge in [-0.1, -0.05) is 96.2 Å². The number of methoxy groups -OCH3 is 1. The lowest BCUT2D eigenvalue weighted by atomic mass is 9.77. The van der Waals surface area contributed by atoms with Crippen molar-refractivity contribution in [1.82, 2.24) is 20.3 Å². The lowest BCUT2D eigenvalue weighted by molar-refractivity contribution is 0.170. The van der Waals surface area contributed by atoms with Gasteiger partial charge in [0.05, 0.1) is 25.5 Å². The highest BCUT2D eigenvalue weighted by molar-refractivity contribution is 5.66. The number of amides is 1. The van der Waals surface area contributed by atoms with Crippen LogP contribution in [0.4, 0.5) is 4.79 Å². The molecule has 1 N–H and O–H groups in total. The van der Waals surface area contributed by atoms with Crippen LogP contribution in [-0.2, 0) is 16.8 Å². The van der Waals surface area contributed by atoms with Gasteiger partial charge >= 0.3 is 6.09 Å². The molecule has 0 aliphatic heterocycles. The van der Waals surface area contributed by atoms with E-state index >= 15 is 0 Å². The predicted octanol–water partition coefficient (Wildman–Crippen LogP) is 3.97. The van der Waals surface area contributed by atoms with E-state index < -0.39 is 11.6 Å². The minimum Gasteiger partial charge on any atom is -0.453 e. The van der Waals surface area contributed by atoms with Gasteiger partial charge in [0, 0.05) is 0 Å². The Balaban J connectivity index is 2.00. The first-order valence-corrected chi connectivity index (χ1v) is 9.65. The lowest BCUT2D eigenvalue weighted by Gasteiger charge is -2.37. The molecular formula is C24H22N4O2. The predicted molar refractivity (Wildman–Crippen MR) is 114 cm³/mol. The van der Waals surface area contributed by atoms with Crippen LogP contribution in [0.5, 0.6) is 0 Å². The Hall–Kier alpha value is -3.93. The van der Waals surface area contributed by atoms with Crippen LogP contribution in [0.15, 0.2) is 97.2 Å². The van der Waals surface area contributed by atoms with Gasteiger partial charge in [0.25, 0.3) is 0 Å². The Morgan fingerprint density at radius 2 is 1.33 bits per heavy atom. The summed E-state index contributed by atoms with van der Waals surface area (Å²) in [5.74, 6) is 0. The fourth-order valence-electron chi connectivity index (χ4n) is 3.80. The minimum atomic E-state index is -0.770. The van der Waals surface area contributed by atoms with Gasteiger partial charge < -0.3 is 10.1 Å². The Bertz CT molecular complexity index is 999. The van der Waals surface area contributed by atoms with E-state index in [2.05, 4.69) is 52.0 Å². The first-order chi connectivity index (χ1) is 14.8. The van der Waals surface area contributed by atoms with Crippen molar-refractivity contribution in [2.24, 2.45) is 0 Å². The number of hydrogen-bond acceptors (Lipinski definition) is 4. The Labute approximate surface area is 175 Å². The van der Waals surface area contributed by atoms with Gasteiger partial charge in [-0.25, -0.2) is 9.48 Å². The van der Waals surface area contributed by atoms with E-state index in [1.807, 2.05) is 59.3 Å². The summed E-state index contributed by atoms with van der Waals surface area (Å²) >= 11 is 0. The quantitative estimate of drug-likeness (QED) is 0.499. The molecule has 0 aliphatic carbocycles. The number of aromatic nitrogens is 3. The number of benzene rings is 3. The molecule has 0 radical (unpaired) electrons. The van der Waals surface area contributed by atoms with E-state index in [9.17, 15) is 4.79 Å². The van der Waals surface area contributed by atoms with Crippen LogP contribution in [0.3, 0.4) is 0 Å². The number of rotatable bonds is 6. The maximum Gasteiger partial charge on any atom is 0.407 e. The van der Waals surface area contributed by atoms with Crippen LogP contribution in [0.1, 0.15) is 22.4 Å². The third kappa shape index (κ3) is 3.43. The largest absolute Gasteiger partial charge is 0.453 e. The average Bonchev–Trinajstić information content (AvgIpc) is 3.29. The first-order valence-electron chi connectivity index (χ1n) is 9.65. The fourth-order valence-corrected chi connectivity index (χ4v) is 3.80. The third-order valence-electron chi connectivity index (χ3n) is 5.11. The van der Waals surface area contributed by atoms with Gasteiger partial charge in [-0.3, -0.25) is 0 Å². The number of hydrogen-bond donors (Lipinski definition) is 1. The summed E-state index contributed by atoms with van der Waals surface area (Å²) in [4.78, 5) is 11.7. The molecule has 4 aromatic rings. The van der Waals surface area contributed by atoms with Gasteiger partial charge in [-0.15, -0.1) is 5.10 Å². The normalized spacial score (nSPS) is 11.1. The topological polar surface area (TPSA) is 69.0 Å². The zero-order valence-electron chi connectivity index (χ0n) is 16.6. The maximum atomic E-state index is 11.7. The van der Waals surface area contributed by atoms with Crippen molar-refractivity contribution >= 4 is 6.09 Å². The Kier molecular flexibility index (Phi) is 5.57. The van der Waals surface area contributed by atoms with Crippen LogP contribution in [0.2, 0.25) is 0 Å². The fraction of sp³-hybridized carbons (Fsp3) is 0.125. The van der Waals surface area contributed by atoms with Crippen molar-refractivity contribution in [2.75, 3.05) is 7.11 Å². The second kappa shape index (κ2) is 8.61. The van der Waals surface area contributed by atoms with Crippen molar-refractivity contribution in [2.45, 2.75) is 12.1 Å². The molecule has 0 saturated carbocycles. The molecule has 6 nitrogen and oxygen atoms in total. The second-order valence-electron chi connectivity index (χ2n) is 6.79. The van der Waals surface area contributed by atoms with Gasteiger partial charge in [0.1, 0.15) is 5.54 Å². The lowest BCUT2D eigenvalue weighted by Crippen LogP contribution is -2.40. The molecule has 1 aromatic heterocycles. The third-order valence-corrected chi connectivity index (χ3v) is 5.11. The molecule has 4 rings (SSSR count).